The number of nitrogens with two attached hydrogens (primary N) is 1. The molecule has 1 aliphatic rings. The van der Waals surface area contributed by atoms with E-state index in [9.17, 15) is 9.18 Å². The van der Waals surface area contributed by atoms with Crippen LogP contribution in [0, 0.1) is 0 Å². The van der Waals surface area contributed by atoms with Crippen LogP contribution in [0.3, 0.4) is 0 Å². The van der Waals surface area contributed by atoms with Crippen molar-refractivity contribution < 1.29 is 13.9 Å². The number of hydrogen-bond donors (Lipinski definition) is 3. The Morgan fingerprint density at radius 3 is 2.78 bits per heavy atom. The monoisotopic (exact) mass is 343 g/mol. The number of hydrogen-bond acceptors (Lipinski definition) is 4. The van der Waals surface area contributed by atoms with Crippen LogP contribution < -0.4 is 21.1 Å². The summed E-state index contributed by atoms with van der Waals surface area (Å²) in [6.45, 7) is 6.28. The van der Waals surface area contributed by atoms with Crippen molar-refractivity contribution in [1.82, 2.24) is 5.32 Å². The molecule has 1 heterocycles. The lowest BCUT2D eigenvalue weighted by molar-refractivity contribution is 0.0919. The second-order valence-corrected chi connectivity index (χ2v) is 6.29. The number of anilines is 1. The fourth-order valence-electron chi connectivity index (χ4n) is 2.18. The van der Waals surface area contributed by atoms with Crippen molar-refractivity contribution in [3.8, 4) is 5.75 Å². The molecule has 1 amide bonds. The third-order valence-corrected chi connectivity index (χ3v) is 3.27. The predicted octanol–water partition coefficient (Wildman–Crippen LogP) is 2.62. The first-order valence-corrected chi connectivity index (χ1v) is 7.20. The Kier molecular flexibility index (Phi) is 6.41. The normalized spacial score (nSPS) is 17.3. The van der Waals surface area contributed by atoms with Gasteiger partial charge in [-0.2, -0.15) is 0 Å². The Balaban J connectivity index is 0.00000264. The summed E-state index contributed by atoms with van der Waals surface area (Å²) in [7, 11) is 0. The number of halogens is 2. The van der Waals surface area contributed by atoms with Gasteiger partial charge in [-0.05, 0) is 39.0 Å². The van der Waals surface area contributed by atoms with Crippen LogP contribution in [0.2, 0.25) is 0 Å². The number of rotatable bonds is 3. The number of ether oxygens (including phenoxy) is 1. The van der Waals surface area contributed by atoms with Gasteiger partial charge >= 0.3 is 0 Å². The summed E-state index contributed by atoms with van der Waals surface area (Å²) in [5.41, 5.74) is 6.84. The van der Waals surface area contributed by atoms with Gasteiger partial charge in [0.2, 0.25) is 0 Å². The van der Waals surface area contributed by atoms with E-state index in [1.165, 1.54) is 0 Å². The van der Waals surface area contributed by atoms with E-state index < -0.39 is 6.10 Å². The molecule has 23 heavy (non-hydrogen) atoms. The van der Waals surface area contributed by atoms with Crippen molar-refractivity contribution >= 4 is 24.0 Å². The molecule has 0 bridgehead atoms. The lowest BCUT2D eigenvalue weighted by Gasteiger charge is -2.29. The van der Waals surface area contributed by atoms with Gasteiger partial charge in [0.25, 0.3) is 5.91 Å². The molecule has 1 aliphatic heterocycles. The molecule has 0 spiro atoms. The molecular weight excluding hydrogens is 321 g/mol. The molecular formula is C16H23ClFN3O2. The molecule has 2 rings (SSSR count). The van der Waals surface area contributed by atoms with Crippen molar-refractivity contribution in [1.29, 1.82) is 0 Å². The van der Waals surface area contributed by atoms with Crippen LogP contribution in [0.25, 0.3) is 0 Å². The van der Waals surface area contributed by atoms with Gasteiger partial charge in [0.05, 0.1) is 18.6 Å². The van der Waals surface area contributed by atoms with Crippen molar-refractivity contribution in [2.24, 2.45) is 5.73 Å². The molecule has 4 N–H and O–H groups in total. The van der Waals surface area contributed by atoms with E-state index in [-0.39, 0.29) is 30.4 Å². The minimum absolute atomic E-state index is 0. The number of fused-ring (bicyclic) bond motifs is 1. The van der Waals surface area contributed by atoms with Gasteiger partial charge < -0.3 is 21.1 Å². The standard InChI is InChI=1S/C16H22FN3O2.ClH/c1-16(2,3)20-15(21)10-4-5-13-12(6-10)19-9-14(22-13)11(7-17)8-18;/h4-7,14,19H,8-9,18H2,1-3H3,(H,20,21);1H. The SMILES string of the molecule is CC(C)(C)NC(=O)c1ccc2c(c1)NCC(C(=CF)CN)O2.Cl. The van der Waals surface area contributed by atoms with Crippen LogP contribution >= 0.6 is 12.4 Å². The zero-order valence-corrected chi connectivity index (χ0v) is 14.3. The molecule has 0 fully saturated rings. The van der Waals surface area contributed by atoms with E-state index in [4.69, 9.17) is 10.5 Å². The van der Waals surface area contributed by atoms with Crippen LogP contribution in [0.4, 0.5) is 10.1 Å². The summed E-state index contributed by atoms with van der Waals surface area (Å²) >= 11 is 0. The number of carbonyl (C=O) groups is 1. The van der Waals surface area contributed by atoms with E-state index in [2.05, 4.69) is 10.6 Å². The minimum atomic E-state index is -0.434. The zero-order chi connectivity index (χ0) is 16.3. The third-order valence-electron chi connectivity index (χ3n) is 3.27. The first-order valence-electron chi connectivity index (χ1n) is 7.20. The van der Waals surface area contributed by atoms with E-state index in [1.807, 2.05) is 20.8 Å². The van der Waals surface area contributed by atoms with Gasteiger partial charge in [0.15, 0.2) is 0 Å². The highest BCUT2D eigenvalue weighted by molar-refractivity contribution is 5.96. The number of nitrogens with one attached hydrogen (secondary N) is 2. The third kappa shape index (κ3) is 4.84. The summed E-state index contributed by atoms with van der Waals surface area (Å²) in [5, 5.41) is 6.06. The topological polar surface area (TPSA) is 76.4 Å². The molecule has 0 aromatic heterocycles. The Hall–Kier alpha value is -1.79. The maximum atomic E-state index is 12.7. The van der Waals surface area contributed by atoms with Gasteiger partial charge in [0, 0.05) is 23.2 Å². The summed E-state index contributed by atoms with van der Waals surface area (Å²) in [5.74, 6) is 0.432. The smallest absolute Gasteiger partial charge is 0.251 e. The predicted molar refractivity (Wildman–Crippen MR) is 92.1 cm³/mol. The molecule has 1 aromatic carbocycles. The fraction of sp³-hybridized carbons (Fsp3) is 0.438. The van der Waals surface area contributed by atoms with Gasteiger partial charge in [-0.3, -0.25) is 4.79 Å². The summed E-state index contributed by atoms with van der Waals surface area (Å²) in [6.07, 6.45) is 0.0550. The van der Waals surface area contributed by atoms with Crippen molar-refractivity contribution in [2.75, 3.05) is 18.4 Å². The Morgan fingerprint density at radius 2 is 2.22 bits per heavy atom. The second-order valence-electron chi connectivity index (χ2n) is 6.29. The van der Waals surface area contributed by atoms with Crippen molar-refractivity contribution in [3.63, 3.8) is 0 Å². The zero-order valence-electron chi connectivity index (χ0n) is 13.5. The molecule has 0 saturated heterocycles. The van der Waals surface area contributed by atoms with E-state index in [0.29, 0.717) is 35.4 Å². The van der Waals surface area contributed by atoms with Gasteiger partial charge in [0.1, 0.15) is 11.9 Å². The average Bonchev–Trinajstić information content (AvgIpc) is 2.46. The molecule has 1 atom stereocenters. The van der Waals surface area contributed by atoms with Crippen LogP contribution in [-0.4, -0.2) is 30.6 Å². The van der Waals surface area contributed by atoms with E-state index >= 15 is 0 Å². The summed E-state index contributed by atoms with van der Waals surface area (Å²) < 4.78 is 18.5. The molecule has 1 aromatic rings. The Bertz CT molecular complexity index is 599. The Labute approximate surface area is 141 Å². The number of carbonyl (C=O) groups excluding carboxylic acids is 1. The number of benzene rings is 1. The molecule has 5 nitrogen and oxygen atoms in total. The lowest BCUT2D eigenvalue weighted by Crippen LogP contribution is -2.40. The van der Waals surface area contributed by atoms with Crippen molar-refractivity contribution in [2.45, 2.75) is 32.4 Å². The lowest BCUT2D eigenvalue weighted by atomic mass is 10.1. The minimum Gasteiger partial charge on any atom is -0.482 e. The quantitative estimate of drug-likeness (QED) is 0.788. The molecule has 0 radical (unpaired) electrons. The van der Waals surface area contributed by atoms with Crippen LogP contribution in [0.1, 0.15) is 31.1 Å². The fourth-order valence-corrected chi connectivity index (χ4v) is 2.18. The van der Waals surface area contributed by atoms with Crippen LogP contribution in [0.5, 0.6) is 5.75 Å². The molecule has 0 saturated carbocycles. The first kappa shape index (κ1) is 19.3. The highest BCUT2D eigenvalue weighted by Crippen LogP contribution is 2.31. The molecule has 128 valence electrons. The molecule has 0 aliphatic carbocycles. The summed E-state index contributed by atoms with van der Waals surface area (Å²) in [6, 6.07) is 5.12. The second kappa shape index (κ2) is 7.66. The van der Waals surface area contributed by atoms with Gasteiger partial charge in [-0.1, -0.05) is 0 Å². The van der Waals surface area contributed by atoms with E-state index in [1.54, 1.807) is 18.2 Å². The first-order chi connectivity index (χ1) is 10.3. The largest absolute Gasteiger partial charge is 0.482 e. The maximum absolute atomic E-state index is 12.7. The van der Waals surface area contributed by atoms with Crippen LogP contribution in [0.15, 0.2) is 30.1 Å². The van der Waals surface area contributed by atoms with Gasteiger partial charge in [-0.25, -0.2) is 4.39 Å². The highest BCUT2D eigenvalue weighted by Gasteiger charge is 2.24. The average molecular weight is 344 g/mol. The Morgan fingerprint density at radius 1 is 1.52 bits per heavy atom. The number of amides is 1. The molecule has 1 unspecified atom stereocenters. The van der Waals surface area contributed by atoms with E-state index in [0.717, 1.165) is 0 Å². The summed E-state index contributed by atoms with van der Waals surface area (Å²) in [4.78, 5) is 12.2. The molecule has 7 heteroatoms. The van der Waals surface area contributed by atoms with Gasteiger partial charge in [-0.15, -0.1) is 12.4 Å². The van der Waals surface area contributed by atoms with Crippen molar-refractivity contribution in [3.05, 3.63) is 35.7 Å². The maximum Gasteiger partial charge on any atom is 0.251 e. The van der Waals surface area contributed by atoms with Crippen LogP contribution in [-0.2, 0) is 0 Å². The highest BCUT2D eigenvalue weighted by atomic mass is 35.5.